The van der Waals surface area contributed by atoms with Crippen LogP contribution in [0.15, 0.2) is 34.4 Å². The third kappa shape index (κ3) is 3.69. The maximum Gasteiger partial charge on any atom is 0.146 e. The normalized spacial score (nSPS) is 26.5. The van der Waals surface area contributed by atoms with Crippen molar-refractivity contribution in [2.45, 2.75) is 33.1 Å². The number of methoxy groups -OCH3 is 2. The minimum absolute atomic E-state index is 0.126. The fourth-order valence-electron chi connectivity index (χ4n) is 3.62. The van der Waals surface area contributed by atoms with Gasteiger partial charge in [-0.3, -0.25) is 0 Å². The number of allylic oxidation sites excluding steroid dienone is 3. The van der Waals surface area contributed by atoms with Gasteiger partial charge in [-0.1, -0.05) is 24.6 Å². The summed E-state index contributed by atoms with van der Waals surface area (Å²) in [5.74, 6) is 0. The predicted octanol–water partition coefficient (Wildman–Crippen LogP) is 3.60. The molecule has 0 radical (unpaired) electrons. The van der Waals surface area contributed by atoms with Gasteiger partial charge in [0.15, 0.2) is 0 Å². The smallest absolute Gasteiger partial charge is 0.146 e. The minimum Gasteiger partial charge on any atom is -0.359 e. The first-order valence-electron chi connectivity index (χ1n) is 7.86. The van der Waals surface area contributed by atoms with Crippen LogP contribution in [0.1, 0.15) is 33.1 Å². The van der Waals surface area contributed by atoms with Crippen molar-refractivity contribution in [2.75, 3.05) is 41.0 Å². The van der Waals surface area contributed by atoms with Crippen LogP contribution >= 0.6 is 0 Å². The van der Waals surface area contributed by atoms with Gasteiger partial charge in [-0.25, -0.2) is 0 Å². The fraction of sp³-hybridized carbons (Fsp3) is 0.667. The van der Waals surface area contributed by atoms with Gasteiger partial charge in [-0.05, 0) is 42.9 Å². The van der Waals surface area contributed by atoms with Crippen LogP contribution in [0.25, 0.3) is 0 Å². The molecule has 2 rings (SSSR count). The number of hydrogen-bond acceptors (Lipinski definition) is 4. The summed E-state index contributed by atoms with van der Waals surface area (Å²) in [5.41, 5.74) is 5.68. The van der Waals surface area contributed by atoms with Gasteiger partial charge in [0.2, 0.25) is 0 Å². The molecule has 0 N–H and O–H groups in total. The van der Waals surface area contributed by atoms with Crippen LogP contribution in [-0.4, -0.2) is 41.0 Å². The molecule has 4 nitrogen and oxygen atoms in total. The van der Waals surface area contributed by atoms with Crippen molar-refractivity contribution in [1.82, 2.24) is 0 Å². The second-order valence-electron chi connectivity index (χ2n) is 6.19. The van der Waals surface area contributed by atoms with E-state index in [9.17, 15) is 0 Å². The lowest BCUT2D eigenvalue weighted by Crippen LogP contribution is -2.25. The Morgan fingerprint density at radius 1 is 1.14 bits per heavy atom. The second kappa shape index (κ2) is 8.06. The summed E-state index contributed by atoms with van der Waals surface area (Å²) in [5, 5.41) is 0. The van der Waals surface area contributed by atoms with E-state index in [-0.39, 0.29) is 5.41 Å². The van der Waals surface area contributed by atoms with Crippen LogP contribution < -0.4 is 0 Å². The lowest BCUT2D eigenvalue weighted by atomic mass is 9.69. The molecular formula is C18H28O4. The molecule has 0 aromatic heterocycles. The van der Waals surface area contributed by atoms with E-state index in [0.717, 1.165) is 19.3 Å². The van der Waals surface area contributed by atoms with Gasteiger partial charge < -0.3 is 18.9 Å². The third-order valence-electron chi connectivity index (χ3n) is 4.65. The molecular weight excluding hydrogens is 280 g/mol. The first-order valence-corrected chi connectivity index (χ1v) is 7.86. The van der Waals surface area contributed by atoms with Gasteiger partial charge in [0.05, 0.1) is 13.2 Å². The maximum atomic E-state index is 5.56. The summed E-state index contributed by atoms with van der Waals surface area (Å²) in [7, 11) is 3.30. The standard InChI is InChI=1S/C18H28O4/c1-14(10-21-12-19-3)16-7-8-17-15(11-22-13-20-4)6-5-9-18(16,17)2/h6,8H,5,7,9-13H2,1-4H3/b16-14-. The molecule has 0 bridgehead atoms. The Hall–Kier alpha value is -0.940. The highest BCUT2D eigenvalue weighted by molar-refractivity contribution is 5.51. The van der Waals surface area contributed by atoms with Crippen LogP contribution in [0, 0.1) is 5.41 Å². The van der Waals surface area contributed by atoms with E-state index < -0.39 is 0 Å². The molecule has 124 valence electrons. The molecule has 0 aliphatic heterocycles. The predicted molar refractivity (Wildman–Crippen MR) is 86.5 cm³/mol. The molecule has 0 saturated heterocycles. The molecule has 0 amide bonds. The molecule has 1 unspecified atom stereocenters. The maximum absolute atomic E-state index is 5.56. The van der Waals surface area contributed by atoms with Crippen molar-refractivity contribution in [1.29, 1.82) is 0 Å². The number of rotatable bonds is 8. The largest absolute Gasteiger partial charge is 0.359 e. The quantitative estimate of drug-likeness (QED) is 0.390. The second-order valence-corrected chi connectivity index (χ2v) is 6.19. The Morgan fingerprint density at radius 2 is 1.86 bits per heavy atom. The van der Waals surface area contributed by atoms with E-state index in [1.54, 1.807) is 14.2 Å². The Labute approximate surface area is 133 Å². The summed E-state index contributed by atoms with van der Waals surface area (Å²) in [6.45, 7) is 6.48. The molecule has 0 fully saturated rings. The van der Waals surface area contributed by atoms with Crippen molar-refractivity contribution in [3.63, 3.8) is 0 Å². The minimum atomic E-state index is 0.126. The molecule has 2 aliphatic rings. The van der Waals surface area contributed by atoms with E-state index in [1.165, 1.54) is 22.3 Å². The first kappa shape index (κ1) is 17.4. The van der Waals surface area contributed by atoms with E-state index in [4.69, 9.17) is 18.9 Å². The van der Waals surface area contributed by atoms with Crippen LogP contribution in [0.4, 0.5) is 0 Å². The van der Waals surface area contributed by atoms with Gasteiger partial charge in [0.1, 0.15) is 13.6 Å². The van der Waals surface area contributed by atoms with Crippen molar-refractivity contribution < 1.29 is 18.9 Å². The van der Waals surface area contributed by atoms with Crippen LogP contribution in [-0.2, 0) is 18.9 Å². The Balaban J connectivity index is 2.09. The highest BCUT2D eigenvalue weighted by atomic mass is 16.7. The first-order chi connectivity index (χ1) is 10.6. The highest BCUT2D eigenvalue weighted by Crippen LogP contribution is 2.53. The Bertz CT molecular complexity index is 475. The number of ether oxygens (including phenoxy) is 4. The molecule has 0 heterocycles. The van der Waals surface area contributed by atoms with Crippen molar-refractivity contribution in [3.8, 4) is 0 Å². The average molecular weight is 308 g/mol. The molecule has 22 heavy (non-hydrogen) atoms. The van der Waals surface area contributed by atoms with Gasteiger partial charge in [0.25, 0.3) is 0 Å². The molecule has 0 spiro atoms. The Morgan fingerprint density at radius 3 is 2.59 bits per heavy atom. The van der Waals surface area contributed by atoms with Gasteiger partial charge in [-0.15, -0.1) is 0 Å². The molecule has 0 saturated carbocycles. The van der Waals surface area contributed by atoms with Gasteiger partial charge in [0, 0.05) is 19.6 Å². The molecule has 2 aliphatic carbocycles. The molecule has 0 aromatic rings. The fourth-order valence-corrected chi connectivity index (χ4v) is 3.62. The highest BCUT2D eigenvalue weighted by Gasteiger charge is 2.40. The summed E-state index contributed by atoms with van der Waals surface area (Å²) < 4.78 is 21.0. The van der Waals surface area contributed by atoms with Crippen molar-refractivity contribution >= 4 is 0 Å². The monoisotopic (exact) mass is 308 g/mol. The van der Waals surface area contributed by atoms with Crippen LogP contribution in [0.5, 0.6) is 0 Å². The summed E-state index contributed by atoms with van der Waals surface area (Å²) in [4.78, 5) is 0. The number of hydrogen-bond donors (Lipinski definition) is 0. The van der Waals surface area contributed by atoms with E-state index in [0.29, 0.717) is 26.8 Å². The van der Waals surface area contributed by atoms with Crippen LogP contribution in [0.2, 0.25) is 0 Å². The molecule has 0 aromatic carbocycles. The Kier molecular flexibility index (Phi) is 6.38. The number of fused-ring (bicyclic) bond motifs is 1. The summed E-state index contributed by atoms with van der Waals surface area (Å²) in [6, 6.07) is 0. The third-order valence-corrected chi connectivity index (χ3v) is 4.65. The van der Waals surface area contributed by atoms with Crippen LogP contribution in [0.3, 0.4) is 0 Å². The summed E-state index contributed by atoms with van der Waals surface area (Å²) >= 11 is 0. The average Bonchev–Trinajstić information content (AvgIpc) is 2.85. The van der Waals surface area contributed by atoms with E-state index in [2.05, 4.69) is 26.0 Å². The van der Waals surface area contributed by atoms with Gasteiger partial charge in [-0.2, -0.15) is 0 Å². The van der Waals surface area contributed by atoms with Gasteiger partial charge >= 0.3 is 0 Å². The zero-order valence-electron chi connectivity index (χ0n) is 14.2. The topological polar surface area (TPSA) is 36.9 Å². The zero-order chi connectivity index (χ0) is 16.0. The lowest BCUT2D eigenvalue weighted by Gasteiger charge is -2.36. The van der Waals surface area contributed by atoms with Crippen molar-refractivity contribution in [3.05, 3.63) is 34.4 Å². The zero-order valence-corrected chi connectivity index (χ0v) is 14.2. The lowest BCUT2D eigenvalue weighted by molar-refractivity contribution is -0.0218. The van der Waals surface area contributed by atoms with E-state index >= 15 is 0 Å². The SMILES string of the molecule is COCOCC1=CCCC2(C)C1=CC/C2=C(\C)COCOC. The summed E-state index contributed by atoms with van der Waals surface area (Å²) in [6.07, 6.45) is 7.92. The molecule has 4 heteroatoms. The van der Waals surface area contributed by atoms with E-state index in [1.807, 2.05) is 0 Å². The molecule has 1 atom stereocenters. The van der Waals surface area contributed by atoms with Crippen molar-refractivity contribution in [2.24, 2.45) is 5.41 Å².